The van der Waals surface area contributed by atoms with E-state index in [0.29, 0.717) is 10.8 Å². The first kappa shape index (κ1) is 17.3. The Labute approximate surface area is 140 Å². The van der Waals surface area contributed by atoms with E-state index in [4.69, 9.17) is 21.1 Å². The number of aliphatic carboxylic acids is 1. The molecule has 2 unspecified atom stereocenters. The maximum atomic E-state index is 11.3. The molecule has 0 aromatic heterocycles. The Morgan fingerprint density at radius 1 is 1.13 bits per heavy atom. The van der Waals surface area contributed by atoms with Crippen LogP contribution in [0.5, 0.6) is 5.75 Å². The fraction of sp³-hybridized carbons (Fsp3) is 0.278. The van der Waals surface area contributed by atoms with Gasteiger partial charge in [-0.05, 0) is 43.7 Å². The van der Waals surface area contributed by atoms with Gasteiger partial charge < -0.3 is 14.6 Å². The van der Waals surface area contributed by atoms with Crippen molar-refractivity contribution in [2.24, 2.45) is 0 Å². The Morgan fingerprint density at radius 2 is 1.74 bits per heavy atom. The quantitative estimate of drug-likeness (QED) is 0.822. The number of hydrogen-bond acceptors (Lipinski definition) is 3. The van der Waals surface area contributed by atoms with E-state index in [2.05, 4.69) is 0 Å². The largest absolute Gasteiger partial charge is 0.478 e. The van der Waals surface area contributed by atoms with Gasteiger partial charge >= 0.3 is 5.97 Å². The van der Waals surface area contributed by atoms with Crippen LogP contribution in [0, 0.1) is 6.92 Å². The van der Waals surface area contributed by atoms with Crippen molar-refractivity contribution in [3.8, 4) is 5.75 Å². The highest BCUT2D eigenvalue weighted by molar-refractivity contribution is 6.30. The van der Waals surface area contributed by atoms with Crippen molar-refractivity contribution >= 4 is 17.6 Å². The molecule has 0 saturated carbocycles. The van der Waals surface area contributed by atoms with Gasteiger partial charge in [-0.25, -0.2) is 4.79 Å². The van der Waals surface area contributed by atoms with Gasteiger partial charge in [0.25, 0.3) is 0 Å². The zero-order valence-electron chi connectivity index (χ0n) is 13.0. The molecule has 0 aliphatic carbocycles. The molecule has 2 rings (SSSR count). The second-order valence-corrected chi connectivity index (χ2v) is 5.72. The topological polar surface area (TPSA) is 55.8 Å². The smallest absolute Gasteiger partial charge is 0.347 e. The predicted octanol–water partition coefficient (Wildman–Crippen LogP) is 4.26. The molecule has 0 radical (unpaired) electrons. The minimum Gasteiger partial charge on any atom is -0.478 e. The third kappa shape index (κ3) is 5.27. The molecule has 0 bridgehead atoms. The molecule has 0 fully saturated rings. The summed E-state index contributed by atoms with van der Waals surface area (Å²) in [6.07, 6.45) is -1.32. The number of rotatable bonds is 7. The van der Waals surface area contributed by atoms with Crippen molar-refractivity contribution in [3.05, 3.63) is 64.7 Å². The highest BCUT2D eigenvalue weighted by Crippen LogP contribution is 2.20. The number of carboxylic acid groups (broad SMARTS) is 1. The first-order chi connectivity index (χ1) is 11.0. The molecule has 0 saturated heterocycles. The van der Waals surface area contributed by atoms with Gasteiger partial charge in [0, 0.05) is 5.02 Å². The van der Waals surface area contributed by atoms with Crippen molar-refractivity contribution in [2.45, 2.75) is 26.1 Å². The maximum absolute atomic E-state index is 11.3. The number of aryl methyl sites for hydroxylation is 1. The lowest BCUT2D eigenvalue weighted by molar-refractivity contribution is -0.149. The molecule has 2 aromatic rings. The molecule has 122 valence electrons. The van der Waals surface area contributed by atoms with E-state index in [0.717, 1.165) is 11.1 Å². The van der Waals surface area contributed by atoms with Crippen LogP contribution >= 0.6 is 11.6 Å². The van der Waals surface area contributed by atoms with E-state index in [9.17, 15) is 9.90 Å². The fourth-order valence-electron chi connectivity index (χ4n) is 2.00. The highest BCUT2D eigenvalue weighted by Gasteiger charge is 2.21. The molecular formula is C18H19ClO4. The summed E-state index contributed by atoms with van der Waals surface area (Å²) in [7, 11) is 0. The Balaban J connectivity index is 1.95. The van der Waals surface area contributed by atoms with Crippen LogP contribution in [0.4, 0.5) is 0 Å². The second-order valence-electron chi connectivity index (χ2n) is 5.28. The van der Waals surface area contributed by atoms with Crippen LogP contribution in [-0.2, 0) is 9.53 Å². The van der Waals surface area contributed by atoms with Crippen molar-refractivity contribution in [1.82, 2.24) is 0 Å². The summed E-state index contributed by atoms with van der Waals surface area (Å²) < 4.78 is 11.1. The lowest BCUT2D eigenvalue weighted by Gasteiger charge is -2.19. The summed E-state index contributed by atoms with van der Waals surface area (Å²) in [5.41, 5.74) is 2.01. The van der Waals surface area contributed by atoms with Crippen LogP contribution < -0.4 is 4.74 Å². The molecule has 2 atom stereocenters. The molecule has 0 amide bonds. The first-order valence-electron chi connectivity index (χ1n) is 7.29. The third-order valence-electron chi connectivity index (χ3n) is 3.41. The number of benzene rings is 2. The summed E-state index contributed by atoms with van der Waals surface area (Å²) >= 11 is 5.85. The lowest BCUT2D eigenvalue weighted by atomic mass is 10.1. The molecule has 5 heteroatoms. The van der Waals surface area contributed by atoms with Crippen molar-refractivity contribution < 1.29 is 19.4 Å². The molecule has 1 N–H and O–H groups in total. The first-order valence-corrected chi connectivity index (χ1v) is 7.66. The van der Waals surface area contributed by atoms with Crippen molar-refractivity contribution in [1.29, 1.82) is 0 Å². The minimum atomic E-state index is -1.06. The van der Waals surface area contributed by atoms with E-state index in [1.807, 2.05) is 38.1 Å². The monoisotopic (exact) mass is 334 g/mol. The average molecular weight is 335 g/mol. The van der Waals surface area contributed by atoms with E-state index < -0.39 is 12.1 Å². The van der Waals surface area contributed by atoms with Crippen molar-refractivity contribution in [3.63, 3.8) is 0 Å². The number of carboxylic acids is 1. The zero-order valence-corrected chi connectivity index (χ0v) is 13.8. The van der Waals surface area contributed by atoms with Gasteiger partial charge in [-0.3, -0.25) is 0 Å². The Morgan fingerprint density at radius 3 is 2.30 bits per heavy atom. The number of halogens is 1. The molecule has 4 nitrogen and oxygen atoms in total. The van der Waals surface area contributed by atoms with Crippen molar-refractivity contribution in [2.75, 3.05) is 6.61 Å². The van der Waals surface area contributed by atoms with E-state index in [1.165, 1.54) is 0 Å². The molecule has 0 aliphatic rings. The van der Waals surface area contributed by atoms with Crippen LogP contribution in [0.15, 0.2) is 48.5 Å². The second kappa shape index (κ2) is 7.99. The summed E-state index contributed by atoms with van der Waals surface area (Å²) in [6, 6.07) is 14.5. The Hall–Kier alpha value is -2.04. The van der Waals surface area contributed by atoms with Crippen LogP contribution in [0.1, 0.15) is 24.2 Å². The summed E-state index contributed by atoms with van der Waals surface area (Å²) in [4.78, 5) is 11.3. The van der Waals surface area contributed by atoms with Gasteiger partial charge in [0.15, 0.2) is 0 Å². The van der Waals surface area contributed by atoms with E-state index in [1.54, 1.807) is 24.3 Å². The van der Waals surface area contributed by atoms with Gasteiger partial charge in [0.2, 0.25) is 6.10 Å². The van der Waals surface area contributed by atoms with Crippen LogP contribution in [0.25, 0.3) is 0 Å². The van der Waals surface area contributed by atoms with E-state index in [-0.39, 0.29) is 12.7 Å². The van der Waals surface area contributed by atoms with Gasteiger partial charge in [-0.15, -0.1) is 0 Å². The molecule has 0 heterocycles. The van der Waals surface area contributed by atoms with Gasteiger partial charge in [0.05, 0.1) is 12.7 Å². The number of ether oxygens (including phenoxy) is 2. The highest BCUT2D eigenvalue weighted by atomic mass is 35.5. The number of hydrogen-bond donors (Lipinski definition) is 1. The fourth-order valence-corrected chi connectivity index (χ4v) is 2.12. The summed E-state index contributed by atoms with van der Waals surface area (Å²) in [5.74, 6) is -0.556. The van der Waals surface area contributed by atoms with Crippen LogP contribution in [-0.4, -0.2) is 23.8 Å². The third-order valence-corrected chi connectivity index (χ3v) is 3.66. The number of carbonyl (C=O) groups is 1. The minimum absolute atomic E-state index is 0.0486. The van der Waals surface area contributed by atoms with Crippen LogP contribution in [0.2, 0.25) is 5.02 Å². The molecule has 2 aromatic carbocycles. The standard InChI is InChI=1S/C18H19ClO4/c1-12-3-9-16(10-4-12)23-17(18(20)21)11-22-13(2)14-5-7-15(19)8-6-14/h3-10,13,17H,11H2,1-2H3,(H,20,21). The molecule has 0 spiro atoms. The molecule has 23 heavy (non-hydrogen) atoms. The van der Waals surface area contributed by atoms with Gasteiger partial charge in [-0.2, -0.15) is 0 Å². The Kier molecular flexibility index (Phi) is 6.02. The average Bonchev–Trinajstić information content (AvgIpc) is 2.53. The predicted molar refractivity (Wildman–Crippen MR) is 89.0 cm³/mol. The zero-order chi connectivity index (χ0) is 16.8. The van der Waals surface area contributed by atoms with Crippen LogP contribution in [0.3, 0.4) is 0 Å². The normalized spacial score (nSPS) is 13.3. The lowest BCUT2D eigenvalue weighted by Crippen LogP contribution is -2.32. The Bertz CT molecular complexity index is 637. The maximum Gasteiger partial charge on any atom is 0.347 e. The SMILES string of the molecule is Cc1ccc(OC(COC(C)c2ccc(Cl)cc2)C(=O)O)cc1. The van der Waals surface area contributed by atoms with Gasteiger partial charge in [-0.1, -0.05) is 41.4 Å². The summed E-state index contributed by atoms with van der Waals surface area (Å²) in [6.45, 7) is 3.76. The van der Waals surface area contributed by atoms with E-state index >= 15 is 0 Å². The van der Waals surface area contributed by atoms with Gasteiger partial charge in [0.1, 0.15) is 5.75 Å². The molecule has 0 aliphatic heterocycles. The molecular weight excluding hydrogens is 316 g/mol. The summed E-state index contributed by atoms with van der Waals surface area (Å²) in [5, 5.41) is 9.93.